The highest BCUT2D eigenvalue weighted by atomic mass is 16.7. The molecule has 0 aliphatic carbocycles. The first-order valence-corrected chi connectivity index (χ1v) is 7.84. The molecule has 0 amide bonds. The van der Waals surface area contributed by atoms with Crippen molar-refractivity contribution < 1.29 is 33.3 Å². The van der Waals surface area contributed by atoms with Gasteiger partial charge in [0.15, 0.2) is 6.79 Å². The van der Waals surface area contributed by atoms with Gasteiger partial charge in [0.1, 0.15) is 17.1 Å². The smallest absolute Gasteiger partial charge is 0.343 e. The molecule has 2 rings (SSSR count). The van der Waals surface area contributed by atoms with E-state index in [1.807, 2.05) is 0 Å². The molecule has 0 fully saturated rings. The molecule has 0 bridgehead atoms. The number of methoxy groups -OCH3 is 2. The molecule has 0 spiro atoms. The Kier molecular flexibility index (Phi) is 7.60. The molecular formula is C19H20O7. The van der Waals surface area contributed by atoms with Gasteiger partial charge in [-0.1, -0.05) is 18.2 Å². The minimum Gasteiger partial charge on any atom is -0.468 e. The quantitative estimate of drug-likeness (QED) is 0.294. The molecule has 26 heavy (non-hydrogen) atoms. The summed E-state index contributed by atoms with van der Waals surface area (Å²) >= 11 is 0. The standard InChI is InChI=1S/C19H20O7/c1-22-10-11-24-13-25-15-8-9-17(16(12-15)19(21)23-2)26-18(20)14-6-4-3-5-7-14/h3-9,12H,10-11,13H2,1-2H3. The van der Waals surface area contributed by atoms with Gasteiger partial charge in [-0.25, -0.2) is 9.59 Å². The summed E-state index contributed by atoms with van der Waals surface area (Å²) in [5.74, 6) is -0.764. The zero-order valence-electron chi connectivity index (χ0n) is 14.6. The van der Waals surface area contributed by atoms with Crippen molar-refractivity contribution in [2.75, 3.05) is 34.2 Å². The van der Waals surface area contributed by atoms with Crippen molar-refractivity contribution >= 4 is 11.9 Å². The molecule has 0 N–H and O–H groups in total. The van der Waals surface area contributed by atoms with Crippen LogP contribution < -0.4 is 9.47 Å². The highest BCUT2D eigenvalue weighted by Gasteiger charge is 2.18. The fourth-order valence-electron chi connectivity index (χ4n) is 2.00. The van der Waals surface area contributed by atoms with Crippen LogP contribution in [-0.4, -0.2) is 46.2 Å². The van der Waals surface area contributed by atoms with Gasteiger partial charge < -0.3 is 23.7 Å². The Morgan fingerprint density at radius 1 is 0.923 bits per heavy atom. The highest BCUT2D eigenvalue weighted by molar-refractivity contribution is 5.96. The van der Waals surface area contributed by atoms with E-state index in [2.05, 4.69) is 0 Å². The van der Waals surface area contributed by atoms with Gasteiger partial charge in [-0.15, -0.1) is 0 Å². The van der Waals surface area contributed by atoms with E-state index in [4.69, 9.17) is 23.7 Å². The van der Waals surface area contributed by atoms with Crippen LogP contribution in [0.5, 0.6) is 11.5 Å². The van der Waals surface area contributed by atoms with E-state index in [0.29, 0.717) is 24.5 Å². The van der Waals surface area contributed by atoms with E-state index >= 15 is 0 Å². The number of ether oxygens (including phenoxy) is 5. The van der Waals surface area contributed by atoms with Crippen LogP contribution in [0.2, 0.25) is 0 Å². The van der Waals surface area contributed by atoms with Gasteiger partial charge in [-0.3, -0.25) is 0 Å². The van der Waals surface area contributed by atoms with Gasteiger partial charge in [0, 0.05) is 7.11 Å². The van der Waals surface area contributed by atoms with Crippen LogP contribution in [0.15, 0.2) is 48.5 Å². The Bertz CT molecular complexity index is 728. The van der Waals surface area contributed by atoms with E-state index in [9.17, 15) is 9.59 Å². The summed E-state index contributed by atoms with van der Waals surface area (Å²) in [6, 6.07) is 12.9. The number of hydrogen-bond donors (Lipinski definition) is 0. The summed E-state index contributed by atoms with van der Waals surface area (Å²) in [6.45, 7) is 0.825. The molecule has 0 aromatic heterocycles. The zero-order valence-corrected chi connectivity index (χ0v) is 14.6. The van der Waals surface area contributed by atoms with Crippen LogP contribution in [0.25, 0.3) is 0 Å². The molecule has 7 nitrogen and oxygen atoms in total. The largest absolute Gasteiger partial charge is 0.468 e. The summed E-state index contributed by atoms with van der Waals surface area (Å²) in [4.78, 5) is 24.2. The van der Waals surface area contributed by atoms with Gasteiger partial charge in [0.25, 0.3) is 0 Å². The number of esters is 2. The lowest BCUT2D eigenvalue weighted by Crippen LogP contribution is -2.13. The van der Waals surface area contributed by atoms with Crippen LogP contribution >= 0.6 is 0 Å². The maximum atomic E-state index is 12.2. The molecule has 0 aliphatic rings. The molecular weight excluding hydrogens is 340 g/mol. The summed E-state index contributed by atoms with van der Waals surface area (Å²) in [5, 5.41) is 0. The molecule has 0 unspecified atom stereocenters. The average Bonchev–Trinajstić information content (AvgIpc) is 2.68. The number of benzene rings is 2. The summed E-state index contributed by atoms with van der Waals surface area (Å²) < 4.78 is 25.5. The van der Waals surface area contributed by atoms with Gasteiger partial charge in [-0.2, -0.15) is 0 Å². The van der Waals surface area contributed by atoms with Crippen molar-refractivity contribution in [1.29, 1.82) is 0 Å². The molecule has 0 saturated carbocycles. The lowest BCUT2D eigenvalue weighted by atomic mass is 10.2. The maximum Gasteiger partial charge on any atom is 0.343 e. The van der Waals surface area contributed by atoms with Crippen LogP contribution in [0, 0.1) is 0 Å². The van der Waals surface area contributed by atoms with E-state index in [0.717, 1.165) is 0 Å². The molecule has 0 aliphatic heterocycles. The Morgan fingerprint density at radius 3 is 2.38 bits per heavy atom. The molecule has 0 heterocycles. The third-order valence-corrected chi connectivity index (χ3v) is 3.31. The number of rotatable bonds is 9. The van der Waals surface area contributed by atoms with Crippen molar-refractivity contribution in [2.45, 2.75) is 0 Å². The molecule has 0 atom stereocenters. The van der Waals surface area contributed by atoms with Crippen molar-refractivity contribution in [3.8, 4) is 11.5 Å². The van der Waals surface area contributed by atoms with Gasteiger partial charge in [0.05, 0.1) is 25.9 Å². The Balaban J connectivity index is 2.10. The highest BCUT2D eigenvalue weighted by Crippen LogP contribution is 2.26. The second-order valence-electron chi connectivity index (χ2n) is 5.07. The van der Waals surface area contributed by atoms with Crippen molar-refractivity contribution in [3.05, 3.63) is 59.7 Å². The Morgan fingerprint density at radius 2 is 1.69 bits per heavy atom. The minimum atomic E-state index is -0.647. The second-order valence-corrected chi connectivity index (χ2v) is 5.07. The molecule has 7 heteroatoms. The number of carbonyl (C=O) groups is 2. The lowest BCUT2D eigenvalue weighted by molar-refractivity contribution is -0.00856. The van der Waals surface area contributed by atoms with Crippen LogP contribution in [0.1, 0.15) is 20.7 Å². The Hall–Kier alpha value is -2.90. The first kappa shape index (κ1) is 19.4. The predicted octanol–water partition coefficient (Wildman–Crippen LogP) is 2.69. The molecule has 0 radical (unpaired) electrons. The average molecular weight is 360 g/mol. The third-order valence-electron chi connectivity index (χ3n) is 3.31. The van der Waals surface area contributed by atoms with Gasteiger partial charge in [0.2, 0.25) is 0 Å². The first-order chi connectivity index (χ1) is 12.7. The lowest BCUT2D eigenvalue weighted by Gasteiger charge is -2.12. The number of carbonyl (C=O) groups excluding carboxylic acids is 2. The third kappa shape index (κ3) is 5.58. The predicted molar refractivity (Wildman–Crippen MR) is 92.5 cm³/mol. The summed E-state index contributed by atoms with van der Waals surface area (Å²) in [7, 11) is 2.81. The SMILES string of the molecule is COCCOCOc1ccc(OC(=O)c2ccccc2)c(C(=O)OC)c1. The van der Waals surface area contributed by atoms with E-state index in [1.165, 1.54) is 19.2 Å². The summed E-state index contributed by atoms with van der Waals surface area (Å²) in [6.07, 6.45) is 0. The van der Waals surface area contributed by atoms with Crippen LogP contribution in [-0.2, 0) is 14.2 Å². The van der Waals surface area contributed by atoms with Gasteiger partial charge in [-0.05, 0) is 30.3 Å². The van der Waals surface area contributed by atoms with Crippen molar-refractivity contribution in [1.82, 2.24) is 0 Å². The van der Waals surface area contributed by atoms with Crippen LogP contribution in [0.4, 0.5) is 0 Å². The molecule has 2 aromatic rings. The fourth-order valence-corrected chi connectivity index (χ4v) is 2.00. The molecule has 0 saturated heterocycles. The molecule has 2 aromatic carbocycles. The maximum absolute atomic E-state index is 12.2. The monoisotopic (exact) mass is 360 g/mol. The van der Waals surface area contributed by atoms with E-state index in [-0.39, 0.29) is 18.1 Å². The summed E-state index contributed by atoms with van der Waals surface area (Å²) in [5.41, 5.74) is 0.446. The topological polar surface area (TPSA) is 80.3 Å². The fraction of sp³-hybridized carbons (Fsp3) is 0.263. The van der Waals surface area contributed by atoms with Gasteiger partial charge >= 0.3 is 11.9 Å². The second kappa shape index (κ2) is 10.2. The number of hydrogen-bond acceptors (Lipinski definition) is 7. The van der Waals surface area contributed by atoms with E-state index < -0.39 is 11.9 Å². The first-order valence-electron chi connectivity index (χ1n) is 7.84. The van der Waals surface area contributed by atoms with Crippen molar-refractivity contribution in [2.24, 2.45) is 0 Å². The molecule has 138 valence electrons. The van der Waals surface area contributed by atoms with Crippen molar-refractivity contribution in [3.63, 3.8) is 0 Å². The minimum absolute atomic E-state index is 0.00682. The van der Waals surface area contributed by atoms with Crippen LogP contribution in [0.3, 0.4) is 0 Å². The zero-order chi connectivity index (χ0) is 18.8. The van der Waals surface area contributed by atoms with E-state index in [1.54, 1.807) is 43.5 Å². The Labute approximate surface area is 151 Å². The normalized spacial score (nSPS) is 10.2.